The van der Waals surface area contributed by atoms with Crippen molar-refractivity contribution in [1.29, 1.82) is 0 Å². The van der Waals surface area contributed by atoms with Gasteiger partial charge in [-0.2, -0.15) is 0 Å². The van der Waals surface area contributed by atoms with Crippen LogP contribution in [0.15, 0.2) is 78.0 Å². The molecule has 0 aliphatic rings. The molecule has 1 aromatic heterocycles. The predicted molar refractivity (Wildman–Crippen MR) is 138 cm³/mol. The minimum atomic E-state index is -0.210. The second-order valence-corrected chi connectivity index (χ2v) is 8.35. The number of benzene rings is 3. The van der Waals surface area contributed by atoms with Crippen molar-refractivity contribution in [3.8, 4) is 28.7 Å². The molecule has 0 aliphatic carbocycles. The number of methoxy groups -OCH3 is 3. The summed E-state index contributed by atoms with van der Waals surface area (Å²) in [5.74, 6) is 2.87. The summed E-state index contributed by atoms with van der Waals surface area (Å²) in [5, 5.41) is 12.1. The van der Waals surface area contributed by atoms with Crippen LogP contribution in [-0.4, -0.2) is 47.8 Å². The zero-order chi connectivity index (χ0) is 25.3. The van der Waals surface area contributed by atoms with Crippen LogP contribution in [0.1, 0.15) is 5.82 Å². The molecule has 4 rings (SSSR count). The van der Waals surface area contributed by atoms with Crippen LogP contribution < -0.4 is 24.3 Å². The lowest BCUT2D eigenvalue weighted by Gasteiger charge is -2.13. The van der Waals surface area contributed by atoms with Gasteiger partial charge in [0.15, 0.2) is 22.5 Å². The highest BCUT2D eigenvalue weighted by atomic mass is 32.2. The van der Waals surface area contributed by atoms with Crippen LogP contribution in [0.3, 0.4) is 0 Å². The number of para-hydroxylation sites is 3. The molecule has 0 fully saturated rings. The summed E-state index contributed by atoms with van der Waals surface area (Å²) in [4.78, 5) is 12.7. The quantitative estimate of drug-likeness (QED) is 0.295. The fourth-order valence-electron chi connectivity index (χ4n) is 3.42. The molecule has 1 heterocycles. The highest BCUT2D eigenvalue weighted by Gasteiger charge is 2.18. The normalized spacial score (nSPS) is 10.5. The van der Waals surface area contributed by atoms with E-state index in [2.05, 4.69) is 15.5 Å². The Morgan fingerprint density at radius 1 is 0.861 bits per heavy atom. The number of thioether (sulfide) groups is 1. The topological polar surface area (TPSA) is 96.7 Å². The van der Waals surface area contributed by atoms with Gasteiger partial charge in [0.25, 0.3) is 0 Å². The Morgan fingerprint density at radius 3 is 2.31 bits per heavy atom. The minimum absolute atomic E-state index is 0.119. The summed E-state index contributed by atoms with van der Waals surface area (Å²) in [6, 6.07) is 22.3. The number of rotatable bonds is 11. The van der Waals surface area contributed by atoms with Gasteiger partial charge in [-0.25, -0.2) is 0 Å². The van der Waals surface area contributed by atoms with Crippen LogP contribution in [0.25, 0.3) is 5.69 Å². The lowest BCUT2D eigenvalue weighted by atomic mass is 10.2. The molecule has 0 unspecified atom stereocenters. The standard InChI is InChI=1S/C26H26N4O5S/c1-32-19-13-14-20(23(15-19)34-3)27-25(31)17-36-26-29-28-24(30(26)18-9-5-4-6-10-18)16-35-22-12-8-7-11-21(22)33-2/h4-15H,16-17H2,1-3H3,(H,27,31). The minimum Gasteiger partial charge on any atom is -0.497 e. The van der Waals surface area contributed by atoms with Gasteiger partial charge in [-0.1, -0.05) is 42.1 Å². The highest BCUT2D eigenvalue weighted by molar-refractivity contribution is 7.99. The van der Waals surface area contributed by atoms with Gasteiger partial charge in [-0.05, 0) is 36.4 Å². The predicted octanol–water partition coefficient (Wildman–Crippen LogP) is 4.60. The molecule has 1 N–H and O–H groups in total. The average molecular weight is 507 g/mol. The third-order valence-corrected chi connectivity index (χ3v) is 6.08. The molecule has 36 heavy (non-hydrogen) atoms. The van der Waals surface area contributed by atoms with Gasteiger partial charge >= 0.3 is 0 Å². The van der Waals surface area contributed by atoms with Crippen LogP contribution >= 0.6 is 11.8 Å². The van der Waals surface area contributed by atoms with E-state index in [0.29, 0.717) is 39.7 Å². The van der Waals surface area contributed by atoms with E-state index in [1.807, 2.05) is 59.2 Å². The Balaban J connectivity index is 1.50. The van der Waals surface area contributed by atoms with Crippen molar-refractivity contribution >= 4 is 23.4 Å². The van der Waals surface area contributed by atoms with Crippen LogP contribution in [-0.2, 0) is 11.4 Å². The van der Waals surface area contributed by atoms with Gasteiger partial charge in [-0.3, -0.25) is 9.36 Å². The van der Waals surface area contributed by atoms with Gasteiger partial charge in [0.05, 0.1) is 32.8 Å². The Hall–Kier alpha value is -4.18. The van der Waals surface area contributed by atoms with Crippen molar-refractivity contribution in [3.63, 3.8) is 0 Å². The van der Waals surface area contributed by atoms with E-state index in [4.69, 9.17) is 18.9 Å². The van der Waals surface area contributed by atoms with E-state index in [-0.39, 0.29) is 18.3 Å². The third kappa shape index (κ3) is 5.89. The average Bonchev–Trinajstić information content (AvgIpc) is 3.34. The number of anilines is 1. The summed E-state index contributed by atoms with van der Waals surface area (Å²) >= 11 is 1.27. The molecular weight excluding hydrogens is 480 g/mol. The number of nitrogens with zero attached hydrogens (tertiary/aromatic N) is 3. The van der Waals surface area contributed by atoms with Crippen LogP contribution in [0.5, 0.6) is 23.0 Å². The number of hydrogen-bond acceptors (Lipinski definition) is 8. The summed E-state index contributed by atoms with van der Waals surface area (Å²) in [6.07, 6.45) is 0. The maximum Gasteiger partial charge on any atom is 0.234 e. The first-order chi connectivity index (χ1) is 17.6. The van der Waals surface area contributed by atoms with Gasteiger partial charge in [0, 0.05) is 11.8 Å². The fourth-order valence-corrected chi connectivity index (χ4v) is 4.19. The number of carbonyl (C=O) groups excluding carboxylic acids is 1. The van der Waals surface area contributed by atoms with Crippen molar-refractivity contribution in [3.05, 3.63) is 78.6 Å². The zero-order valence-electron chi connectivity index (χ0n) is 20.1. The molecule has 0 atom stereocenters. The maximum absolute atomic E-state index is 12.7. The highest BCUT2D eigenvalue weighted by Crippen LogP contribution is 2.30. The van der Waals surface area contributed by atoms with E-state index in [1.54, 1.807) is 32.4 Å². The molecule has 3 aromatic carbocycles. The zero-order valence-corrected chi connectivity index (χ0v) is 21.0. The number of nitrogens with one attached hydrogen (secondary N) is 1. The lowest BCUT2D eigenvalue weighted by molar-refractivity contribution is -0.113. The van der Waals surface area contributed by atoms with E-state index < -0.39 is 0 Å². The number of aromatic nitrogens is 3. The van der Waals surface area contributed by atoms with Gasteiger partial charge in [0.2, 0.25) is 5.91 Å². The number of ether oxygens (including phenoxy) is 4. The monoisotopic (exact) mass is 506 g/mol. The first-order valence-corrected chi connectivity index (χ1v) is 12.0. The van der Waals surface area contributed by atoms with Gasteiger partial charge in [-0.15, -0.1) is 10.2 Å². The third-order valence-electron chi connectivity index (χ3n) is 5.16. The summed E-state index contributed by atoms with van der Waals surface area (Å²) < 4.78 is 23.8. The molecule has 0 bridgehead atoms. The molecule has 4 aromatic rings. The lowest BCUT2D eigenvalue weighted by Crippen LogP contribution is -2.15. The number of carbonyl (C=O) groups is 1. The van der Waals surface area contributed by atoms with Crippen molar-refractivity contribution in [2.75, 3.05) is 32.4 Å². The molecule has 186 valence electrons. The van der Waals surface area contributed by atoms with Gasteiger partial charge in [0.1, 0.15) is 18.1 Å². The molecule has 0 radical (unpaired) electrons. The molecule has 10 heteroatoms. The first kappa shape index (κ1) is 24.9. The smallest absolute Gasteiger partial charge is 0.234 e. The summed E-state index contributed by atoms with van der Waals surface area (Å²) in [7, 11) is 4.70. The SMILES string of the molecule is COc1ccc(NC(=O)CSc2nnc(COc3ccccc3OC)n2-c2ccccc2)c(OC)c1. The Morgan fingerprint density at radius 2 is 1.58 bits per heavy atom. The van der Waals surface area contributed by atoms with E-state index in [9.17, 15) is 4.79 Å². The molecule has 0 saturated heterocycles. The van der Waals surface area contributed by atoms with Crippen molar-refractivity contribution < 1.29 is 23.7 Å². The van der Waals surface area contributed by atoms with Crippen LogP contribution in [0.2, 0.25) is 0 Å². The molecule has 9 nitrogen and oxygen atoms in total. The van der Waals surface area contributed by atoms with Crippen LogP contribution in [0, 0.1) is 0 Å². The molecule has 0 spiro atoms. The van der Waals surface area contributed by atoms with E-state index in [1.165, 1.54) is 18.9 Å². The van der Waals surface area contributed by atoms with Crippen molar-refractivity contribution in [2.24, 2.45) is 0 Å². The molecule has 0 aliphatic heterocycles. The Bertz CT molecular complexity index is 1310. The van der Waals surface area contributed by atoms with Crippen LogP contribution in [0.4, 0.5) is 5.69 Å². The van der Waals surface area contributed by atoms with Gasteiger partial charge < -0.3 is 24.3 Å². The second-order valence-electron chi connectivity index (χ2n) is 7.41. The summed E-state index contributed by atoms with van der Waals surface area (Å²) in [6.45, 7) is 0.165. The van der Waals surface area contributed by atoms with Crippen molar-refractivity contribution in [1.82, 2.24) is 14.8 Å². The maximum atomic E-state index is 12.7. The first-order valence-electron chi connectivity index (χ1n) is 11.0. The van der Waals surface area contributed by atoms with E-state index >= 15 is 0 Å². The number of hydrogen-bond donors (Lipinski definition) is 1. The summed E-state index contributed by atoms with van der Waals surface area (Å²) in [5.41, 5.74) is 1.42. The van der Waals surface area contributed by atoms with Crippen molar-refractivity contribution in [2.45, 2.75) is 11.8 Å². The molecule has 1 amide bonds. The Labute approximate surface area is 213 Å². The number of amides is 1. The molecular formula is C26H26N4O5S. The molecule has 0 saturated carbocycles. The van der Waals surface area contributed by atoms with E-state index in [0.717, 1.165) is 5.69 Å². The largest absolute Gasteiger partial charge is 0.497 e. The second kappa shape index (κ2) is 12.0. The Kier molecular flexibility index (Phi) is 8.30. The fraction of sp³-hybridized carbons (Fsp3) is 0.192.